The fourth-order valence-corrected chi connectivity index (χ4v) is 6.06. The zero-order valence-corrected chi connectivity index (χ0v) is 25.5. The summed E-state index contributed by atoms with van der Waals surface area (Å²) < 4.78 is 0. The Balaban J connectivity index is 1.48. The van der Waals surface area contributed by atoms with Gasteiger partial charge in [0.15, 0.2) is 0 Å². The van der Waals surface area contributed by atoms with Gasteiger partial charge in [-0.25, -0.2) is 4.99 Å². The topological polar surface area (TPSA) is 24.7 Å². The number of aliphatic imine (C=N–C) groups is 2. The number of aryl methyl sites for hydroxylation is 2. The summed E-state index contributed by atoms with van der Waals surface area (Å²) in [5, 5.41) is 2.51. The summed E-state index contributed by atoms with van der Waals surface area (Å²) in [6.45, 7) is 18.7. The maximum atomic E-state index is 5.35. The number of benzene rings is 4. The van der Waals surface area contributed by atoms with Crippen LogP contribution in [0.15, 0.2) is 87.7 Å². The molecule has 0 aliphatic heterocycles. The van der Waals surface area contributed by atoms with Crippen molar-refractivity contribution < 1.29 is 0 Å². The number of rotatable bonds is 5. The summed E-state index contributed by atoms with van der Waals surface area (Å²) in [6.07, 6.45) is 0. The van der Waals surface area contributed by atoms with Crippen LogP contribution in [0.25, 0.3) is 10.8 Å². The molecule has 0 unspecified atom stereocenters. The van der Waals surface area contributed by atoms with Crippen LogP contribution in [0.2, 0.25) is 0 Å². The van der Waals surface area contributed by atoms with Crippen molar-refractivity contribution in [3.8, 4) is 0 Å². The lowest BCUT2D eigenvalue weighted by Gasteiger charge is -2.21. The second kappa shape index (κ2) is 10.4. The smallest absolute Gasteiger partial charge is 0.0974 e. The molecule has 1 aliphatic rings. The van der Waals surface area contributed by atoms with Crippen LogP contribution in [0.4, 0.5) is 5.69 Å². The van der Waals surface area contributed by atoms with Gasteiger partial charge in [0.2, 0.25) is 0 Å². The summed E-state index contributed by atoms with van der Waals surface area (Å²) in [6, 6.07) is 26.6. The SMILES string of the molecule is Cc1cc(C(C)(C)C)cc(C)c1N=C1C(=NCCSc2ccc(C(C)(C)C)cc2)c2cccc3cccc1c23. The molecule has 0 radical (unpaired) electrons. The van der Waals surface area contributed by atoms with Crippen LogP contribution in [0.1, 0.15) is 74.9 Å². The Morgan fingerprint density at radius 1 is 0.667 bits per heavy atom. The van der Waals surface area contributed by atoms with Crippen LogP contribution < -0.4 is 0 Å². The second-order valence-corrected chi connectivity index (χ2v) is 13.9. The highest BCUT2D eigenvalue weighted by molar-refractivity contribution is 7.99. The number of thioether (sulfide) groups is 1. The van der Waals surface area contributed by atoms with Crippen molar-refractivity contribution in [1.82, 2.24) is 0 Å². The normalized spacial score (nSPS) is 15.6. The fourth-order valence-electron chi connectivity index (χ4n) is 5.31. The predicted molar refractivity (Wildman–Crippen MR) is 172 cm³/mol. The zero-order valence-electron chi connectivity index (χ0n) is 24.6. The van der Waals surface area contributed by atoms with E-state index < -0.39 is 0 Å². The summed E-state index contributed by atoms with van der Waals surface area (Å²) >= 11 is 1.87. The molecule has 200 valence electrons. The standard InChI is InChI=1S/C36H40N2S/c1-23-21-27(36(6,7)8)22-24(2)32(23)38-34-30-14-10-12-25-11-9-13-29(31(25)30)33(34)37-19-20-39-28-17-15-26(16-18-28)35(3,4)5/h9-18,21-22H,19-20H2,1-8H3. The highest BCUT2D eigenvalue weighted by Gasteiger charge is 2.27. The van der Waals surface area contributed by atoms with Gasteiger partial charge in [-0.05, 0) is 64.5 Å². The maximum absolute atomic E-state index is 5.35. The average Bonchev–Trinajstić information content (AvgIpc) is 3.17. The monoisotopic (exact) mass is 532 g/mol. The first-order valence-corrected chi connectivity index (χ1v) is 14.9. The summed E-state index contributed by atoms with van der Waals surface area (Å²) in [5.41, 5.74) is 10.9. The van der Waals surface area contributed by atoms with Crippen LogP contribution in [0.5, 0.6) is 0 Å². The molecule has 2 nitrogen and oxygen atoms in total. The Hall–Kier alpha value is -3.17. The van der Waals surface area contributed by atoms with Gasteiger partial charge in [-0.15, -0.1) is 11.8 Å². The van der Waals surface area contributed by atoms with Gasteiger partial charge < -0.3 is 0 Å². The lowest BCUT2D eigenvalue weighted by Crippen LogP contribution is -2.13. The third-order valence-corrected chi connectivity index (χ3v) is 8.56. The van der Waals surface area contributed by atoms with Crippen LogP contribution in [0, 0.1) is 13.8 Å². The van der Waals surface area contributed by atoms with Gasteiger partial charge in [0.25, 0.3) is 0 Å². The van der Waals surface area contributed by atoms with E-state index in [-0.39, 0.29) is 10.8 Å². The van der Waals surface area contributed by atoms with Crippen molar-refractivity contribution in [1.29, 1.82) is 0 Å². The van der Waals surface area contributed by atoms with E-state index in [1.807, 2.05) is 11.8 Å². The zero-order chi connectivity index (χ0) is 27.9. The average molecular weight is 533 g/mol. The Labute approximate surface area is 238 Å². The molecule has 3 heteroatoms. The first-order valence-electron chi connectivity index (χ1n) is 13.9. The molecule has 0 amide bonds. The Morgan fingerprint density at radius 2 is 1.23 bits per heavy atom. The highest BCUT2D eigenvalue weighted by Crippen LogP contribution is 2.36. The molecule has 4 aromatic carbocycles. The molecular weight excluding hydrogens is 492 g/mol. The van der Waals surface area contributed by atoms with E-state index in [9.17, 15) is 0 Å². The number of hydrogen-bond donors (Lipinski definition) is 0. The molecule has 39 heavy (non-hydrogen) atoms. The van der Waals surface area contributed by atoms with Crippen molar-refractivity contribution in [3.05, 3.63) is 106 Å². The number of hydrogen-bond acceptors (Lipinski definition) is 3. The quantitative estimate of drug-likeness (QED) is 0.185. The van der Waals surface area contributed by atoms with E-state index in [1.54, 1.807) is 0 Å². The first-order chi connectivity index (χ1) is 18.4. The van der Waals surface area contributed by atoms with Gasteiger partial charge in [-0.2, -0.15) is 0 Å². The molecule has 5 rings (SSSR count). The van der Waals surface area contributed by atoms with E-state index >= 15 is 0 Å². The van der Waals surface area contributed by atoms with Gasteiger partial charge in [-0.3, -0.25) is 4.99 Å². The van der Waals surface area contributed by atoms with Crippen molar-refractivity contribution in [2.24, 2.45) is 9.98 Å². The van der Waals surface area contributed by atoms with E-state index in [4.69, 9.17) is 9.98 Å². The third-order valence-electron chi connectivity index (χ3n) is 7.57. The summed E-state index contributed by atoms with van der Waals surface area (Å²) in [7, 11) is 0. The van der Waals surface area contributed by atoms with Gasteiger partial charge in [0, 0.05) is 33.7 Å². The predicted octanol–water partition coefficient (Wildman–Crippen LogP) is 9.77. The molecule has 0 heterocycles. The van der Waals surface area contributed by atoms with E-state index in [0.717, 1.165) is 29.4 Å². The molecule has 0 fully saturated rings. The molecule has 4 aromatic rings. The molecule has 0 spiro atoms. The molecule has 0 saturated carbocycles. The van der Waals surface area contributed by atoms with Gasteiger partial charge >= 0.3 is 0 Å². The first kappa shape index (κ1) is 27.4. The molecule has 0 saturated heterocycles. The minimum atomic E-state index is 0.105. The molecule has 0 aromatic heterocycles. The van der Waals surface area contributed by atoms with Gasteiger partial charge in [0.05, 0.1) is 17.1 Å². The highest BCUT2D eigenvalue weighted by atomic mass is 32.2. The van der Waals surface area contributed by atoms with Crippen molar-refractivity contribution in [2.75, 3.05) is 12.3 Å². The Kier molecular flexibility index (Phi) is 7.33. The molecule has 0 atom stereocenters. The molecule has 1 aliphatic carbocycles. The largest absolute Gasteiger partial charge is 0.282 e. The van der Waals surface area contributed by atoms with Crippen molar-refractivity contribution in [2.45, 2.75) is 71.1 Å². The van der Waals surface area contributed by atoms with Crippen LogP contribution in [-0.4, -0.2) is 23.7 Å². The van der Waals surface area contributed by atoms with Crippen LogP contribution in [0.3, 0.4) is 0 Å². The lowest BCUT2D eigenvalue weighted by molar-refractivity contribution is 0.589. The van der Waals surface area contributed by atoms with E-state index in [2.05, 4.69) is 128 Å². The Bertz CT molecular complexity index is 1560. The number of nitrogens with zero attached hydrogens (tertiary/aromatic N) is 2. The Morgan fingerprint density at radius 3 is 1.79 bits per heavy atom. The van der Waals surface area contributed by atoms with E-state index in [1.165, 1.54) is 49.0 Å². The van der Waals surface area contributed by atoms with Crippen LogP contribution >= 0.6 is 11.8 Å². The lowest BCUT2D eigenvalue weighted by atomic mass is 9.85. The van der Waals surface area contributed by atoms with Gasteiger partial charge in [0.1, 0.15) is 0 Å². The molecule has 0 bridgehead atoms. The fraction of sp³-hybridized carbons (Fsp3) is 0.333. The van der Waals surface area contributed by atoms with E-state index in [0.29, 0.717) is 0 Å². The van der Waals surface area contributed by atoms with Crippen molar-refractivity contribution in [3.63, 3.8) is 0 Å². The second-order valence-electron chi connectivity index (χ2n) is 12.7. The maximum Gasteiger partial charge on any atom is 0.0974 e. The van der Waals surface area contributed by atoms with Crippen LogP contribution in [-0.2, 0) is 10.8 Å². The summed E-state index contributed by atoms with van der Waals surface area (Å²) in [5.74, 6) is 0.927. The van der Waals surface area contributed by atoms with Gasteiger partial charge in [-0.1, -0.05) is 102 Å². The minimum absolute atomic E-state index is 0.105. The molecule has 0 N–H and O–H groups in total. The third kappa shape index (κ3) is 5.61. The minimum Gasteiger partial charge on any atom is -0.282 e. The molecular formula is C36H40N2S. The summed E-state index contributed by atoms with van der Waals surface area (Å²) in [4.78, 5) is 11.8. The van der Waals surface area contributed by atoms with Crippen molar-refractivity contribution >= 4 is 39.6 Å².